The highest BCUT2D eigenvalue weighted by Crippen LogP contribution is 2.23. The Hall–Kier alpha value is -2.14. The van der Waals surface area contributed by atoms with E-state index in [-0.39, 0.29) is 5.91 Å². The third-order valence-corrected chi connectivity index (χ3v) is 5.44. The summed E-state index contributed by atoms with van der Waals surface area (Å²) in [6.45, 7) is 5.01. The van der Waals surface area contributed by atoms with Crippen LogP contribution >= 0.6 is 0 Å². The molecule has 2 aromatic rings. The molecule has 0 spiro atoms. The Balaban J connectivity index is 1.39. The van der Waals surface area contributed by atoms with E-state index in [9.17, 15) is 4.79 Å². The molecule has 3 heterocycles. The fraction of sp³-hybridized carbons (Fsp3) is 0.500. The maximum Gasteiger partial charge on any atom is 0.253 e. The summed E-state index contributed by atoms with van der Waals surface area (Å²) in [5.74, 6) is 0.150. The topological polar surface area (TPSA) is 41.4 Å². The summed E-state index contributed by atoms with van der Waals surface area (Å²) < 4.78 is 2.12. The van der Waals surface area contributed by atoms with Crippen molar-refractivity contribution < 1.29 is 4.79 Å². The maximum absolute atomic E-state index is 12.9. The number of piperidine rings is 1. The summed E-state index contributed by atoms with van der Waals surface area (Å²) in [6, 6.07) is 8.56. The van der Waals surface area contributed by atoms with Crippen LogP contribution in [0.2, 0.25) is 0 Å². The number of likely N-dealkylation sites (tertiary alicyclic amines) is 2. The Morgan fingerprint density at radius 1 is 1.08 bits per heavy atom. The van der Waals surface area contributed by atoms with Gasteiger partial charge in [-0.3, -0.25) is 9.69 Å². The molecule has 1 aromatic heterocycles. The average molecular weight is 338 g/mol. The van der Waals surface area contributed by atoms with Crippen LogP contribution in [0.15, 0.2) is 43.0 Å². The van der Waals surface area contributed by atoms with Crippen molar-refractivity contribution in [2.45, 2.75) is 38.3 Å². The first-order valence-corrected chi connectivity index (χ1v) is 9.37. The van der Waals surface area contributed by atoms with Crippen molar-refractivity contribution >= 4 is 5.91 Å². The molecule has 2 aliphatic rings. The first kappa shape index (κ1) is 16.3. The van der Waals surface area contributed by atoms with E-state index < -0.39 is 0 Å². The van der Waals surface area contributed by atoms with Crippen LogP contribution in [-0.4, -0.2) is 51.4 Å². The second kappa shape index (κ2) is 7.40. The van der Waals surface area contributed by atoms with Gasteiger partial charge in [0.2, 0.25) is 0 Å². The minimum Gasteiger partial charge on any atom is -0.337 e. The maximum atomic E-state index is 12.9. The van der Waals surface area contributed by atoms with Gasteiger partial charge in [-0.15, -0.1) is 0 Å². The third kappa shape index (κ3) is 3.76. The highest BCUT2D eigenvalue weighted by atomic mass is 16.2. The standard InChI is InChI=1S/C20H26N4O/c25-20(23-12-3-4-19(15-23)24-13-9-21-16-24)18-7-5-17(6-8-18)14-22-10-1-2-11-22/h5-9,13,16,19H,1-4,10-12,14-15H2/t19-/m0/s1. The number of hydrogen-bond acceptors (Lipinski definition) is 3. The van der Waals surface area contributed by atoms with Gasteiger partial charge in [0.1, 0.15) is 0 Å². The highest BCUT2D eigenvalue weighted by Gasteiger charge is 2.25. The number of rotatable bonds is 4. The van der Waals surface area contributed by atoms with E-state index in [0.29, 0.717) is 6.04 Å². The minimum atomic E-state index is 0.150. The largest absolute Gasteiger partial charge is 0.337 e. The molecule has 132 valence electrons. The lowest BCUT2D eigenvalue weighted by atomic mass is 10.0. The van der Waals surface area contributed by atoms with Crippen LogP contribution in [0.1, 0.15) is 47.6 Å². The lowest BCUT2D eigenvalue weighted by molar-refractivity contribution is 0.0679. The molecule has 0 N–H and O–H groups in total. The quantitative estimate of drug-likeness (QED) is 0.861. The number of hydrogen-bond donors (Lipinski definition) is 0. The number of aromatic nitrogens is 2. The number of nitrogens with zero attached hydrogens (tertiary/aromatic N) is 4. The zero-order chi connectivity index (χ0) is 17.1. The molecule has 2 aliphatic heterocycles. The van der Waals surface area contributed by atoms with Gasteiger partial charge < -0.3 is 9.47 Å². The van der Waals surface area contributed by atoms with Gasteiger partial charge in [-0.1, -0.05) is 12.1 Å². The van der Waals surface area contributed by atoms with Gasteiger partial charge in [0.05, 0.1) is 12.4 Å². The molecular weight excluding hydrogens is 312 g/mol. The average Bonchev–Trinajstić information content (AvgIpc) is 3.36. The molecule has 0 bridgehead atoms. The van der Waals surface area contributed by atoms with Crippen LogP contribution in [0.5, 0.6) is 0 Å². The normalized spacial score (nSPS) is 21.6. The van der Waals surface area contributed by atoms with Crippen LogP contribution < -0.4 is 0 Å². The highest BCUT2D eigenvalue weighted by molar-refractivity contribution is 5.94. The zero-order valence-electron chi connectivity index (χ0n) is 14.7. The summed E-state index contributed by atoms with van der Waals surface area (Å²) in [5.41, 5.74) is 2.10. The molecule has 1 amide bonds. The van der Waals surface area contributed by atoms with Crippen LogP contribution in [-0.2, 0) is 6.54 Å². The zero-order valence-corrected chi connectivity index (χ0v) is 14.7. The molecule has 0 radical (unpaired) electrons. The summed E-state index contributed by atoms with van der Waals surface area (Å²) in [4.78, 5) is 21.5. The monoisotopic (exact) mass is 338 g/mol. The molecule has 1 atom stereocenters. The Labute approximate surface area is 149 Å². The molecule has 2 saturated heterocycles. The fourth-order valence-corrected chi connectivity index (χ4v) is 4.00. The van der Waals surface area contributed by atoms with E-state index in [0.717, 1.165) is 38.0 Å². The van der Waals surface area contributed by atoms with Crippen molar-refractivity contribution in [3.8, 4) is 0 Å². The summed E-state index contributed by atoms with van der Waals surface area (Å²) in [6.07, 6.45) is 10.4. The van der Waals surface area contributed by atoms with Crippen LogP contribution in [0.25, 0.3) is 0 Å². The molecule has 5 nitrogen and oxygen atoms in total. The Morgan fingerprint density at radius 2 is 1.88 bits per heavy atom. The summed E-state index contributed by atoms with van der Waals surface area (Å²) in [7, 11) is 0. The number of carbonyl (C=O) groups excluding carboxylic acids is 1. The van der Waals surface area contributed by atoms with Gasteiger partial charge in [-0.05, 0) is 56.5 Å². The molecule has 5 heteroatoms. The van der Waals surface area contributed by atoms with Crippen molar-refractivity contribution in [1.29, 1.82) is 0 Å². The Morgan fingerprint density at radius 3 is 2.60 bits per heavy atom. The summed E-state index contributed by atoms with van der Waals surface area (Å²) >= 11 is 0. The van der Waals surface area contributed by atoms with E-state index in [1.807, 2.05) is 29.6 Å². The first-order valence-electron chi connectivity index (χ1n) is 9.37. The van der Waals surface area contributed by atoms with Crippen molar-refractivity contribution in [2.24, 2.45) is 0 Å². The Kier molecular flexibility index (Phi) is 4.83. The molecule has 25 heavy (non-hydrogen) atoms. The minimum absolute atomic E-state index is 0.150. The van der Waals surface area contributed by atoms with Gasteiger partial charge in [-0.2, -0.15) is 0 Å². The lowest BCUT2D eigenvalue weighted by Crippen LogP contribution is -2.40. The molecule has 4 rings (SSSR count). The second-order valence-electron chi connectivity index (χ2n) is 7.24. The van der Waals surface area contributed by atoms with Crippen molar-refractivity contribution in [2.75, 3.05) is 26.2 Å². The summed E-state index contributed by atoms with van der Waals surface area (Å²) in [5, 5.41) is 0. The predicted octanol–water partition coefficient (Wildman–Crippen LogP) is 2.96. The van der Waals surface area contributed by atoms with Gasteiger partial charge in [0, 0.05) is 37.6 Å². The van der Waals surface area contributed by atoms with E-state index in [1.54, 1.807) is 6.20 Å². The predicted molar refractivity (Wildman–Crippen MR) is 97.4 cm³/mol. The van der Waals surface area contributed by atoms with Gasteiger partial charge in [0.15, 0.2) is 0 Å². The van der Waals surface area contributed by atoms with Crippen molar-refractivity contribution in [3.63, 3.8) is 0 Å². The number of carbonyl (C=O) groups is 1. The Bertz CT molecular complexity index is 689. The van der Waals surface area contributed by atoms with E-state index >= 15 is 0 Å². The van der Waals surface area contributed by atoms with Crippen molar-refractivity contribution in [3.05, 3.63) is 54.1 Å². The third-order valence-electron chi connectivity index (χ3n) is 5.44. The van der Waals surface area contributed by atoms with Crippen LogP contribution in [0.4, 0.5) is 0 Å². The molecule has 0 saturated carbocycles. The number of benzene rings is 1. The van der Waals surface area contributed by atoms with Crippen LogP contribution in [0.3, 0.4) is 0 Å². The lowest BCUT2D eigenvalue weighted by Gasteiger charge is -2.33. The second-order valence-corrected chi connectivity index (χ2v) is 7.24. The SMILES string of the molecule is O=C(c1ccc(CN2CCCC2)cc1)N1CCC[C@H](n2ccnc2)C1. The van der Waals surface area contributed by atoms with Gasteiger partial charge >= 0.3 is 0 Å². The first-order chi connectivity index (χ1) is 12.3. The molecule has 2 fully saturated rings. The molecular formula is C20H26N4O. The number of imidazole rings is 1. The van der Waals surface area contributed by atoms with Gasteiger partial charge in [-0.25, -0.2) is 4.98 Å². The fourth-order valence-electron chi connectivity index (χ4n) is 4.00. The smallest absolute Gasteiger partial charge is 0.253 e. The molecule has 1 aromatic carbocycles. The van der Waals surface area contributed by atoms with Crippen molar-refractivity contribution in [1.82, 2.24) is 19.4 Å². The van der Waals surface area contributed by atoms with E-state index in [2.05, 4.69) is 26.6 Å². The number of amides is 1. The van der Waals surface area contributed by atoms with E-state index in [4.69, 9.17) is 0 Å². The van der Waals surface area contributed by atoms with Gasteiger partial charge in [0.25, 0.3) is 5.91 Å². The van der Waals surface area contributed by atoms with Crippen LogP contribution in [0, 0.1) is 0 Å². The van der Waals surface area contributed by atoms with E-state index in [1.165, 1.54) is 31.5 Å². The molecule has 0 unspecified atom stereocenters. The molecule has 0 aliphatic carbocycles.